The van der Waals surface area contributed by atoms with Gasteiger partial charge in [-0.15, -0.1) is 0 Å². The third-order valence-electron chi connectivity index (χ3n) is 9.03. The summed E-state index contributed by atoms with van der Waals surface area (Å²) in [4.78, 5) is 25.3. The molecule has 32 heavy (non-hydrogen) atoms. The Hall–Kier alpha value is -2.36. The van der Waals surface area contributed by atoms with E-state index in [1.807, 2.05) is 0 Å². The van der Waals surface area contributed by atoms with Gasteiger partial charge < -0.3 is 10.6 Å². The fourth-order valence-electron chi connectivity index (χ4n) is 7.76. The predicted molar refractivity (Wildman–Crippen MR) is 126 cm³/mol. The van der Waals surface area contributed by atoms with Gasteiger partial charge in [0.05, 0.1) is 0 Å². The minimum absolute atomic E-state index is 0.117. The Morgan fingerprint density at radius 1 is 0.969 bits per heavy atom. The van der Waals surface area contributed by atoms with Crippen LogP contribution >= 0.6 is 0 Å². The molecule has 1 aliphatic heterocycles. The number of fused-ring (bicyclic) bond motifs is 1. The second-order valence-corrected chi connectivity index (χ2v) is 11.2. The van der Waals surface area contributed by atoms with Crippen molar-refractivity contribution in [1.29, 1.82) is 0 Å². The molecule has 4 bridgehead atoms. The summed E-state index contributed by atoms with van der Waals surface area (Å²) in [6.45, 7) is 0. The highest BCUT2D eigenvalue weighted by atomic mass is 16.2. The number of rotatable bonds is 6. The van der Waals surface area contributed by atoms with Gasteiger partial charge in [0.1, 0.15) is 0 Å². The molecule has 2 amide bonds. The third kappa shape index (κ3) is 3.72. The highest BCUT2D eigenvalue weighted by molar-refractivity contribution is 5.86. The molecule has 2 aromatic carbocycles. The van der Waals surface area contributed by atoms with Crippen LogP contribution in [0.1, 0.15) is 63.4 Å². The Bertz CT molecular complexity index is 1010. The Balaban J connectivity index is 1.15. The lowest BCUT2D eigenvalue weighted by atomic mass is 9.54. The van der Waals surface area contributed by atoms with Crippen LogP contribution in [-0.4, -0.2) is 23.4 Å². The first-order valence-corrected chi connectivity index (χ1v) is 12.6. The summed E-state index contributed by atoms with van der Waals surface area (Å²) in [6.07, 6.45) is 10.1. The van der Waals surface area contributed by atoms with Crippen molar-refractivity contribution in [1.82, 2.24) is 10.6 Å². The molecule has 5 fully saturated rings. The average Bonchev–Trinajstić information content (AvgIpc) is 3.15. The quantitative estimate of drug-likeness (QED) is 0.695. The van der Waals surface area contributed by atoms with Crippen LogP contribution in [0, 0.1) is 23.7 Å². The molecule has 1 atom stereocenters. The van der Waals surface area contributed by atoms with Crippen LogP contribution < -0.4 is 10.6 Å². The second kappa shape index (κ2) is 7.90. The second-order valence-electron chi connectivity index (χ2n) is 11.2. The molecule has 4 heteroatoms. The Kier molecular flexibility index (Phi) is 5.00. The number of benzene rings is 2. The van der Waals surface area contributed by atoms with E-state index in [4.69, 9.17) is 0 Å². The number of hydrogen-bond donors (Lipinski definition) is 2. The molecular formula is C28H34N2O2. The molecule has 4 aliphatic carbocycles. The van der Waals surface area contributed by atoms with Crippen molar-refractivity contribution >= 4 is 22.6 Å². The summed E-state index contributed by atoms with van der Waals surface area (Å²) in [6, 6.07) is 15.2. The van der Waals surface area contributed by atoms with Crippen LogP contribution in [0.25, 0.3) is 10.8 Å². The van der Waals surface area contributed by atoms with Gasteiger partial charge in [-0.25, -0.2) is 0 Å². The lowest BCUT2D eigenvalue weighted by Crippen LogP contribution is -2.56. The van der Waals surface area contributed by atoms with E-state index in [0.29, 0.717) is 37.1 Å². The van der Waals surface area contributed by atoms with E-state index in [-0.39, 0.29) is 17.4 Å². The first-order valence-electron chi connectivity index (χ1n) is 12.6. The van der Waals surface area contributed by atoms with Gasteiger partial charge in [0.2, 0.25) is 11.8 Å². The summed E-state index contributed by atoms with van der Waals surface area (Å²) in [5.74, 6) is 3.54. The normalized spacial score (nSPS) is 35.2. The van der Waals surface area contributed by atoms with E-state index in [2.05, 4.69) is 53.1 Å². The molecule has 4 nitrogen and oxygen atoms in total. The molecule has 5 aliphatic rings. The van der Waals surface area contributed by atoms with Crippen LogP contribution in [0.2, 0.25) is 0 Å². The lowest BCUT2D eigenvalue weighted by Gasteiger charge is -2.54. The van der Waals surface area contributed by atoms with Gasteiger partial charge in [-0.1, -0.05) is 42.5 Å². The van der Waals surface area contributed by atoms with E-state index in [1.165, 1.54) is 48.4 Å². The molecular weight excluding hydrogens is 396 g/mol. The summed E-state index contributed by atoms with van der Waals surface area (Å²) < 4.78 is 0. The topological polar surface area (TPSA) is 58.2 Å². The van der Waals surface area contributed by atoms with Gasteiger partial charge >= 0.3 is 0 Å². The van der Waals surface area contributed by atoms with Gasteiger partial charge in [0.25, 0.3) is 0 Å². The fraction of sp³-hybridized carbons (Fsp3) is 0.571. The number of amides is 2. The van der Waals surface area contributed by atoms with Crippen molar-refractivity contribution in [2.45, 2.75) is 75.8 Å². The van der Waals surface area contributed by atoms with E-state index in [0.717, 1.165) is 24.7 Å². The maximum Gasteiger partial charge on any atom is 0.220 e. The zero-order chi connectivity index (χ0) is 21.7. The lowest BCUT2D eigenvalue weighted by molar-refractivity contribution is -0.126. The predicted octanol–water partition coefficient (Wildman–Crippen LogP) is 4.75. The van der Waals surface area contributed by atoms with E-state index in [9.17, 15) is 9.59 Å². The number of carbonyl (C=O) groups is 2. The van der Waals surface area contributed by atoms with Crippen LogP contribution in [0.15, 0.2) is 42.5 Å². The molecule has 4 saturated carbocycles. The van der Waals surface area contributed by atoms with Crippen molar-refractivity contribution in [2.24, 2.45) is 23.7 Å². The van der Waals surface area contributed by atoms with E-state index in [1.54, 1.807) is 0 Å². The van der Waals surface area contributed by atoms with E-state index >= 15 is 0 Å². The van der Waals surface area contributed by atoms with Crippen molar-refractivity contribution in [3.8, 4) is 0 Å². The summed E-state index contributed by atoms with van der Waals surface area (Å²) in [7, 11) is 0. The van der Waals surface area contributed by atoms with Crippen LogP contribution in [-0.2, 0) is 16.0 Å². The average molecular weight is 431 g/mol. The zero-order valence-electron chi connectivity index (χ0n) is 18.8. The van der Waals surface area contributed by atoms with Crippen molar-refractivity contribution < 1.29 is 9.59 Å². The Labute approximate surface area is 190 Å². The van der Waals surface area contributed by atoms with Crippen molar-refractivity contribution in [2.75, 3.05) is 0 Å². The largest absolute Gasteiger partial charge is 0.353 e. The van der Waals surface area contributed by atoms with Gasteiger partial charge in [0, 0.05) is 24.4 Å². The fourth-order valence-corrected chi connectivity index (χ4v) is 7.76. The maximum absolute atomic E-state index is 13.1. The Morgan fingerprint density at radius 3 is 2.41 bits per heavy atom. The molecule has 0 aromatic heterocycles. The van der Waals surface area contributed by atoms with Crippen molar-refractivity contribution in [3.63, 3.8) is 0 Å². The molecule has 2 aromatic rings. The molecule has 1 saturated heterocycles. The SMILES string of the molecule is O=C(CCC1(Cc2cccc3ccccc23)CCC(=O)N1)NC1C2CC3CC(C2)CC1C3. The minimum Gasteiger partial charge on any atom is -0.353 e. The van der Waals surface area contributed by atoms with Crippen LogP contribution in [0.4, 0.5) is 0 Å². The molecule has 0 radical (unpaired) electrons. The zero-order valence-corrected chi connectivity index (χ0v) is 18.8. The molecule has 2 N–H and O–H groups in total. The monoisotopic (exact) mass is 430 g/mol. The maximum atomic E-state index is 13.1. The highest BCUT2D eigenvalue weighted by Gasteiger charge is 2.48. The van der Waals surface area contributed by atoms with Crippen LogP contribution in [0.5, 0.6) is 0 Å². The van der Waals surface area contributed by atoms with Gasteiger partial charge in [-0.3, -0.25) is 9.59 Å². The van der Waals surface area contributed by atoms with Gasteiger partial charge in [-0.2, -0.15) is 0 Å². The van der Waals surface area contributed by atoms with Crippen molar-refractivity contribution in [3.05, 3.63) is 48.0 Å². The third-order valence-corrected chi connectivity index (χ3v) is 9.03. The Morgan fingerprint density at radius 2 is 1.69 bits per heavy atom. The number of carbonyl (C=O) groups excluding carboxylic acids is 2. The summed E-state index contributed by atoms with van der Waals surface area (Å²) in [5, 5.41) is 9.20. The highest BCUT2D eigenvalue weighted by Crippen LogP contribution is 2.53. The molecule has 1 heterocycles. The van der Waals surface area contributed by atoms with Crippen LogP contribution in [0.3, 0.4) is 0 Å². The minimum atomic E-state index is -0.317. The number of nitrogens with one attached hydrogen (secondary N) is 2. The van der Waals surface area contributed by atoms with Gasteiger partial charge in [0.15, 0.2) is 0 Å². The molecule has 1 unspecified atom stereocenters. The first kappa shape index (κ1) is 20.3. The summed E-state index contributed by atoms with van der Waals surface area (Å²) >= 11 is 0. The van der Waals surface area contributed by atoms with E-state index < -0.39 is 0 Å². The smallest absolute Gasteiger partial charge is 0.220 e. The number of hydrogen-bond acceptors (Lipinski definition) is 2. The summed E-state index contributed by atoms with van der Waals surface area (Å²) in [5.41, 5.74) is 0.939. The first-order chi connectivity index (χ1) is 15.6. The van der Waals surface area contributed by atoms with Gasteiger partial charge in [-0.05, 0) is 91.4 Å². The molecule has 168 valence electrons. The molecule has 0 spiro atoms. The standard InChI is InChI=1S/C28H34N2O2/c31-25(29-27-22-13-18-12-19(15-22)16-23(27)14-18)8-10-28(11-9-26(32)30-28)17-21-6-3-5-20-4-1-2-7-24(20)21/h1-7,18-19,22-23,27H,8-17H2,(H,29,31)(H,30,32). The molecule has 7 rings (SSSR count).